The van der Waals surface area contributed by atoms with Crippen LogP contribution in [0.5, 0.6) is 5.75 Å². The van der Waals surface area contributed by atoms with Crippen LogP contribution in [-0.4, -0.2) is 11.1 Å². The molecule has 0 radical (unpaired) electrons. The molecule has 0 aliphatic heterocycles. The topological polar surface area (TPSA) is 72.5 Å². The number of alkyl halides is 1. The van der Waals surface area contributed by atoms with Gasteiger partial charge < -0.3 is 9.94 Å². The predicted molar refractivity (Wildman–Crippen MR) is 67.4 cm³/mol. The van der Waals surface area contributed by atoms with Crippen LogP contribution in [0.1, 0.15) is 27.7 Å². The molecule has 0 amide bonds. The van der Waals surface area contributed by atoms with E-state index in [-0.39, 0.29) is 6.07 Å². The minimum atomic E-state index is -2.54. The molecule has 0 aromatic heterocycles. The van der Waals surface area contributed by atoms with Crippen LogP contribution in [0.3, 0.4) is 0 Å². The summed E-state index contributed by atoms with van der Waals surface area (Å²) in [5, 5.41) is 8.95. The number of para-hydroxylation sites is 1. The smallest absolute Gasteiger partial charge is 0.339 e. The maximum atomic E-state index is 14.5. The van der Waals surface area contributed by atoms with Crippen molar-refractivity contribution in [2.75, 3.05) is 0 Å². The summed E-state index contributed by atoms with van der Waals surface area (Å²) in [7, 11) is 0. The van der Waals surface area contributed by atoms with Crippen molar-refractivity contribution < 1.29 is 36.7 Å². The van der Waals surface area contributed by atoms with Crippen LogP contribution < -0.4 is 10.7 Å². The van der Waals surface area contributed by atoms with E-state index in [4.69, 9.17) is 11.0 Å². The van der Waals surface area contributed by atoms with Crippen molar-refractivity contribution in [3.05, 3.63) is 64.2 Å². The Morgan fingerprint density at radius 3 is 2.30 bits per heavy atom. The van der Waals surface area contributed by atoms with Crippen LogP contribution >= 0.6 is 0 Å². The van der Waals surface area contributed by atoms with Crippen molar-refractivity contribution in [2.24, 2.45) is 5.90 Å². The maximum absolute atomic E-state index is 14.5. The summed E-state index contributed by atoms with van der Waals surface area (Å²) in [6.07, 6.45) is -2.54. The third-order valence-corrected chi connectivity index (χ3v) is 3.07. The Hall–Kier alpha value is -2.68. The Labute approximate surface area is 125 Å². The van der Waals surface area contributed by atoms with Crippen molar-refractivity contribution in [1.82, 2.24) is 0 Å². The van der Waals surface area contributed by atoms with Crippen molar-refractivity contribution in [3.63, 3.8) is 0 Å². The zero-order chi connectivity index (χ0) is 17.3. The maximum Gasteiger partial charge on any atom is 0.339 e. The van der Waals surface area contributed by atoms with Crippen molar-refractivity contribution in [2.45, 2.75) is 6.17 Å². The second-order valence-corrected chi connectivity index (χ2v) is 4.40. The monoisotopic (exact) mass is 333 g/mol. The number of benzene rings is 2. The first-order valence-corrected chi connectivity index (χ1v) is 5.99. The summed E-state index contributed by atoms with van der Waals surface area (Å²) in [4.78, 5) is 15.3. The molecule has 23 heavy (non-hydrogen) atoms. The molecule has 1 unspecified atom stereocenters. The lowest BCUT2D eigenvalue weighted by Crippen LogP contribution is -2.13. The summed E-state index contributed by atoms with van der Waals surface area (Å²) >= 11 is 0. The molecule has 0 fully saturated rings. The molecule has 0 saturated carbocycles. The van der Waals surface area contributed by atoms with Gasteiger partial charge >= 0.3 is 5.97 Å². The van der Waals surface area contributed by atoms with Crippen LogP contribution in [-0.2, 0) is 0 Å². The normalized spacial score (nSPS) is 12.1. The minimum Gasteiger partial charge on any atom is -0.478 e. The second kappa shape index (κ2) is 6.21. The average Bonchev–Trinajstić information content (AvgIpc) is 2.54. The lowest BCUT2D eigenvalue weighted by Gasteiger charge is -2.15. The van der Waals surface area contributed by atoms with E-state index in [0.29, 0.717) is 0 Å². The lowest BCUT2D eigenvalue weighted by atomic mass is 9.98. The summed E-state index contributed by atoms with van der Waals surface area (Å²) in [6, 6.07) is 3.25. The Kier molecular flexibility index (Phi) is 4.50. The second-order valence-electron chi connectivity index (χ2n) is 4.40. The molecule has 0 spiro atoms. The molecule has 3 N–H and O–H groups in total. The number of carbonyl (C=O) groups is 1. The van der Waals surface area contributed by atoms with Crippen LogP contribution in [0.2, 0.25) is 0 Å². The van der Waals surface area contributed by atoms with Gasteiger partial charge in [-0.15, -0.1) is 0 Å². The highest BCUT2D eigenvalue weighted by molar-refractivity contribution is 5.91. The summed E-state index contributed by atoms with van der Waals surface area (Å²) in [5.74, 6) is -5.30. The van der Waals surface area contributed by atoms with Gasteiger partial charge in [-0.25, -0.2) is 26.7 Å². The van der Waals surface area contributed by atoms with Gasteiger partial charge in [0.15, 0.2) is 35.2 Å². The highest BCUT2D eigenvalue weighted by Crippen LogP contribution is 2.37. The number of carboxylic acids is 1. The fraction of sp³-hybridized carbons (Fsp3) is 0.0714. The molecule has 0 aliphatic carbocycles. The minimum absolute atomic E-state index is 0.131. The molecular formula is C14H8F5NO3. The van der Waals surface area contributed by atoms with E-state index in [1.54, 1.807) is 0 Å². The average molecular weight is 333 g/mol. The molecule has 1 atom stereocenters. The number of carboxylic acid groups (broad SMARTS) is 1. The van der Waals surface area contributed by atoms with Crippen LogP contribution in [0.4, 0.5) is 22.0 Å². The van der Waals surface area contributed by atoms with Gasteiger partial charge in [0, 0.05) is 11.1 Å². The molecule has 0 saturated heterocycles. The fourth-order valence-electron chi connectivity index (χ4n) is 2.00. The first-order valence-electron chi connectivity index (χ1n) is 5.99. The molecule has 0 aliphatic rings. The van der Waals surface area contributed by atoms with E-state index in [1.807, 2.05) is 0 Å². The third-order valence-electron chi connectivity index (χ3n) is 3.07. The Morgan fingerprint density at radius 2 is 1.74 bits per heavy atom. The number of hydrogen-bond acceptors (Lipinski definition) is 3. The summed E-state index contributed by atoms with van der Waals surface area (Å²) < 4.78 is 67.5. The van der Waals surface area contributed by atoms with E-state index in [0.717, 1.165) is 18.2 Å². The number of rotatable bonds is 4. The Morgan fingerprint density at radius 1 is 1.09 bits per heavy atom. The van der Waals surface area contributed by atoms with Crippen molar-refractivity contribution in [1.29, 1.82) is 0 Å². The van der Waals surface area contributed by atoms with E-state index in [2.05, 4.69) is 4.84 Å². The van der Waals surface area contributed by atoms with Gasteiger partial charge in [0.05, 0.1) is 0 Å². The van der Waals surface area contributed by atoms with Gasteiger partial charge in [-0.1, -0.05) is 12.1 Å². The summed E-state index contributed by atoms with van der Waals surface area (Å²) in [6.45, 7) is 0. The van der Waals surface area contributed by atoms with E-state index < -0.39 is 57.8 Å². The van der Waals surface area contributed by atoms with Gasteiger partial charge in [0.25, 0.3) is 0 Å². The molecular weight excluding hydrogens is 325 g/mol. The third kappa shape index (κ3) is 2.82. The van der Waals surface area contributed by atoms with Crippen LogP contribution in [0.15, 0.2) is 24.3 Å². The highest BCUT2D eigenvalue weighted by Gasteiger charge is 2.29. The molecule has 2 aromatic carbocycles. The molecule has 9 heteroatoms. The first kappa shape index (κ1) is 16.7. The lowest BCUT2D eigenvalue weighted by molar-refractivity contribution is 0.0691. The molecule has 0 bridgehead atoms. The molecule has 0 heterocycles. The molecule has 2 rings (SSSR count). The predicted octanol–water partition coefficient (Wildman–Crippen LogP) is 3.25. The largest absolute Gasteiger partial charge is 0.478 e. The Bertz CT molecular complexity index is 781. The van der Waals surface area contributed by atoms with Gasteiger partial charge in [-0.2, -0.15) is 5.90 Å². The zero-order valence-electron chi connectivity index (χ0n) is 11.1. The van der Waals surface area contributed by atoms with Crippen molar-refractivity contribution >= 4 is 5.97 Å². The standard InChI is InChI=1S/C14H8F5NO3/c15-8-4-7(10(17)12(19)11(8)18)9(16)5-2-1-3-6(14(21)22)13(5)23-20/h1-4,9H,20H2,(H,21,22). The van der Waals surface area contributed by atoms with Gasteiger partial charge in [-0.05, 0) is 12.1 Å². The number of aromatic carboxylic acids is 1. The van der Waals surface area contributed by atoms with Crippen LogP contribution in [0, 0.1) is 23.3 Å². The van der Waals surface area contributed by atoms with Gasteiger partial charge in [-0.3, -0.25) is 0 Å². The fourth-order valence-corrected chi connectivity index (χ4v) is 2.00. The molecule has 122 valence electrons. The van der Waals surface area contributed by atoms with E-state index in [1.165, 1.54) is 0 Å². The molecule has 4 nitrogen and oxygen atoms in total. The van der Waals surface area contributed by atoms with Crippen molar-refractivity contribution in [3.8, 4) is 5.75 Å². The SMILES string of the molecule is NOc1c(C(=O)O)cccc1C(F)c1cc(F)c(F)c(F)c1F. The number of hydrogen-bond donors (Lipinski definition) is 2. The summed E-state index contributed by atoms with van der Waals surface area (Å²) in [5.41, 5.74) is -2.30. The quantitative estimate of drug-likeness (QED) is 0.390. The van der Waals surface area contributed by atoms with E-state index >= 15 is 0 Å². The zero-order valence-corrected chi connectivity index (χ0v) is 11.1. The number of nitrogens with two attached hydrogens (primary N) is 1. The highest BCUT2D eigenvalue weighted by atomic mass is 19.2. The first-order chi connectivity index (χ1) is 10.8. The number of halogens is 5. The Balaban J connectivity index is 2.65. The van der Waals surface area contributed by atoms with Gasteiger partial charge in [0.1, 0.15) is 5.56 Å². The van der Waals surface area contributed by atoms with Crippen LogP contribution in [0.25, 0.3) is 0 Å². The van der Waals surface area contributed by atoms with E-state index in [9.17, 15) is 26.7 Å². The molecule has 2 aromatic rings. The van der Waals surface area contributed by atoms with Gasteiger partial charge in [0.2, 0.25) is 0 Å².